The van der Waals surface area contributed by atoms with Gasteiger partial charge in [-0.15, -0.1) is 0 Å². The maximum Gasteiger partial charge on any atom is 0.0892 e. The SMILES string of the molecule is CCN=C=NCCCCCCN(C)C. The minimum atomic E-state index is 0.784. The van der Waals surface area contributed by atoms with Crippen molar-refractivity contribution < 1.29 is 0 Å². The van der Waals surface area contributed by atoms with E-state index in [0.717, 1.165) is 13.1 Å². The fourth-order valence-corrected chi connectivity index (χ4v) is 1.14. The van der Waals surface area contributed by atoms with E-state index in [9.17, 15) is 0 Å². The quantitative estimate of drug-likeness (QED) is 0.433. The van der Waals surface area contributed by atoms with Gasteiger partial charge in [0.05, 0.1) is 6.01 Å². The zero-order valence-electron chi connectivity index (χ0n) is 9.79. The molecule has 0 aromatic heterocycles. The van der Waals surface area contributed by atoms with Gasteiger partial charge in [-0.25, -0.2) is 9.98 Å². The van der Waals surface area contributed by atoms with Crippen molar-refractivity contribution in [2.45, 2.75) is 32.6 Å². The Bertz CT molecular complexity index is 169. The van der Waals surface area contributed by atoms with Crippen molar-refractivity contribution in [3.8, 4) is 0 Å². The van der Waals surface area contributed by atoms with Crippen molar-refractivity contribution in [1.29, 1.82) is 0 Å². The molecule has 0 unspecified atom stereocenters. The van der Waals surface area contributed by atoms with E-state index < -0.39 is 0 Å². The second-order valence-electron chi connectivity index (χ2n) is 3.67. The molecule has 0 aliphatic heterocycles. The van der Waals surface area contributed by atoms with Crippen LogP contribution >= 0.6 is 0 Å². The van der Waals surface area contributed by atoms with Crippen LogP contribution in [0.1, 0.15) is 32.6 Å². The smallest absolute Gasteiger partial charge is 0.0892 e. The summed E-state index contributed by atoms with van der Waals surface area (Å²) in [4.78, 5) is 10.2. The van der Waals surface area contributed by atoms with Crippen LogP contribution in [-0.4, -0.2) is 44.6 Å². The monoisotopic (exact) mass is 197 g/mol. The third-order valence-corrected chi connectivity index (χ3v) is 1.92. The number of hydrogen-bond donors (Lipinski definition) is 0. The van der Waals surface area contributed by atoms with E-state index in [0.29, 0.717) is 0 Å². The Morgan fingerprint density at radius 2 is 1.71 bits per heavy atom. The van der Waals surface area contributed by atoms with Crippen molar-refractivity contribution in [1.82, 2.24) is 4.90 Å². The van der Waals surface area contributed by atoms with Crippen LogP contribution in [0.25, 0.3) is 0 Å². The van der Waals surface area contributed by atoms with Gasteiger partial charge in [0.2, 0.25) is 0 Å². The van der Waals surface area contributed by atoms with Crippen LogP contribution in [0.2, 0.25) is 0 Å². The van der Waals surface area contributed by atoms with Gasteiger partial charge in [0.25, 0.3) is 0 Å². The highest BCUT2D eigenvalue weighted by Gasteiger charge is 1.90. The van der Waals surface area contributed by atoms with E-state index in [1.807, 2.05) is 6.92 Å². The Morgan fingerprint density at radius 1 is 1.00 bits per heavy atom. The number of unbranched alkanes of at least 4 members (excludes halogenated alkanes) is 3. The van der Waals surface area contributed by atoms with Crippen molar-refractivity contribution in [3.63, 3.8) is 0 Å². The van der Waals surface area contributed by atoms with Gasteiger partial charge >= 0.3 is 0 Å². The molecule has 0 N–H and O–H groups in total. The minimum Gasteiger partial charge on any atom is -0.309 e. The van der Waals surface area contributed by atoms with Crippen LogP contribution < -0.4 is 0 Å². The number of hydrogen-bond acceptors (Lipinski definition) is 3. The van der Waals surface area contributed by atoms with Crippen LogP contribution in [0.5, 0.6) is 0 Å². The Hall–Kier alpha value is -0.660. The molecule has 0 aliphatic carbocycles. The molecule has 0 amide bonds. The molecule has 0 spiro atoms. The Kier molecular flexibility index (Phi) is 9.93. The van der Waals surface area contributed by atoms with E-state index in [-0.39, 0.29) is 0 Å². The minimum absolute atomic E-state index is 0.784. The predicted octanol–water partition coefficient (Wildman–Crippen LogP) is 2.30. The number of rotatable bonds is 8. The van der Waals surface area contributed by atoms with Gasteiger partial charge in [0.15, 0.2) is 0 Å². The zero-order chi connectivity index (χ0) is 10.6. The molecule has 0 rings (SSSR count). The lowest BCUT2D eigenvalue weighted by molar-refractivity contribution is 0.390. The highest BCUT2D eigenvalue weighted by molar-refractivity contribution is 5.40. The van der Waals surface area contributed by atoms with Gasteiger partial charge in [0, 0.05) is 13.1 Å². The molecule has 0 fully saturated rings. The first-order valence-electron chi connectivity index (χ1n) is 5.50. The summed E-state index contributed by atoms with van der Waals surface area (Å²) < 4.78 is 0. The first kappa shape index (κ1) is 13.3. The van der Waals surface area contributed by atoms with Crippen molar-refractivity contribution in [3.05, 3.63) is 0 Å². The summed E-state index contributed by atoms with van der Waals surface area (Å²) in [6, 6.07) is 2.69. The lowest BCUT2D eigenvalue weighted by Gasteiger charge is -2.07. The second kappa shape index (κ2) is 10.4. The summed E-state index contributed by atoms with van der Waals surface area (Å²) in [5, 5.41) is 0. The predicted molar refractivity (Wildman–Crippen MR) is 62.3 cm³/mol. The van der Waals surface area contributed by atoms with Crippen LogP contribution in [-0.2, 0) is 0 Å². The standard InChI is InChI=1S/C11H23N3/c1-4-12-11-13-9-7-5-6-8-10-14(2)3/h4-10H2,1-3H3. The molecule has 14 heavy (non-hydrogen) atoms. The van der Waals surface area contributed by atoms with Gasteiger partial charge in [-0.3, -0.25) is 0 Å². The Morgan fingerprint density at radius 3 is 2.36 bits per heavy atom. The van der Waals surface area contributed by atoms with Crippen LogP contribution in [0.3, 0.4) is 0 Å². The summed E-state index contributed by atoms with van der Waals surface area (Å²) >= 11 is 0. The molecule has 0 saturated heterocycles. The molecule has 0 atom stereocenters. The molecule has 0 bridgehead atoms. The molecule has 0 aliphatic rings. The first-order valence-corrected chi connectivity index (χ1v) is 5.50. The van der Waals surface area contributed by atoms with Gasteiger partial charge in [-0.2, -0.15) is 0 Å². The van der Waals surface area contributed by atoms with Crippen molar-refractivity contribution in [2.24, 2.45) is 9.98 Å². The topological polar surface area (TPSA) is 28.0 Å². The summed E-state index contributed by atoms with van der Waals surface area (Å²) in [6.07, 6.45) is 5.03. The van der Waals surface area contributed by atoms with Crippen LogP contribution in [0.4, 0.5) is 0 Å². The molecule has 0 saturated carbocycles. The van der Waals surface area contributed by atoms with Gasteiger partial charge in [-0.1, -0.05) is 12.8 Å². The molecule has 0 aromatic carbocycles. The molecule has 0 radical (unpaired) electrons. The Labute approximate surface area is 87.9 Å². The molecule has 3 nitrogen and oxygen atoms in total. The van der Waals surface area contributed by atoms with Gasteiger partial charge < -0.3 is 4.90 Å². The summed E-state index contributed by atoms with van der Waals surface area (Å²) in [5.41, 5.74) is 0. The first-order chi connectivity index (χ1) is 6.77. The second-order valence-corrected chi connectivity index (χ2v) is 3.67. The highest BCUT2D eigenvalue weighted by Crippen LogP contribution is 2.00. The molecular formula is C11H23N3. The van der Waals surface area contributed by atoms with E-state index in [1.165, 1.54) is 32.2 Å². The van der Waals surface area contributed by atoms with Crippen LogP contribution in [0, 0.1) is 0 Å². The Balaban J connectivity index is 3.10. The average Bonchev–Trinajstić information content (AvgIpc) is 2.15. The normalized spacial score (nSPS) is 10.0. The summed E-state index contributed by atoms with van der Waals surface area (Å²) in [7, 11) is 4.23. The maximum atomic E-state index is 4.07. The van der Waals surface area contributed by atoms with Gasteiger partial charge in [-0.05, 0) is 40.4 Å². The van der Waals surface area contributed by atoms with Crippen LogP contribution in [0.15, 0.2) is 9.98 Å². The third kappa shape index (κ3) is 11.3. The molecule has 0 heterocycles. The largest absolute Gasteiger partial charge is 0.309 e. The fourth-order valence-electron chi connectivity index (χ4n) is 1.14. The van der Waals surface area contributed by atoms with Crippen molar-refractivity contribution in [2.75, 3.05) is 33.7 Å². The lowest BCUT2D eigenvalue weighted by atomic mass is 10.2. The van der Waals surface area contributed by atoms with E-state index in [1.54, 1.807) is 0 Å². The maximum absolute atomic E-state index is 4.07. The molecular weight excluding hydrogens is 174 g/mol. The van der Waals surface area contributed by atoms with E-state index in [4.69, 9.17) is 0 Å². The third-order valence-electron chi connectivity index (χ3n) is 1.92. The number of aliphatic imine (C=N–C) groups is 2. The van der Waals surface area contributed by atoms with E-state index >= 15 is 0 Å². The summed E-state index contributed by atoms with van der Waals surface area (Å²) in [6.45, 7) is 4.85. The molecule has 0 aromatic rings. The molecule has 3 heteroatoms. The molecule has 82 valence electrons. The summed E-state index contributed by atoms with van der Waals surface area (Å²) in [5.74, 6) is 0. The van der Waals surface area contributed by atoms with E-state index in [2.05, 4.69) is 35.0 Å². The van der Waals surface area contributed by atoms with Crippen molar-refractivity contribution >= 4 is 6.01 Å². The van der Waals surface area contributed by atoms with Gasteiger partial charge in [0.1, 0.15) is 0 Å². The number of nitrogens with zero attached hydrogens (tertiary/aromatic N) is 3. The zero-order valence-corrected chi connectivity index (χ0v) is 9.79. The average molecular weight is 197 g/mol. The fraction of sp³-hybridized carbons (Fsp3) is 0.909. The lowest BCUT2D eigenvalue weighted by Crippen LogP contribution is -2.12. The highest BCUT2D eigenvalue weighted by atomic mass is 15.0.